The maximum absolute atomic E-state index is 11.1. The van der Waals surface area contributed by atoms with Gasteiger partial charge in [-0.3, -0.25) is 0 Å². The third kappa shape index (κ3) is 2.07. The van der Waals surface area contributed by atoms with Gasteiger partial charge < -0.3 is 5.11 Å². The average molecular weight is 279 g/mol. The number of benzene rings is 2. The minimum atomic E-state index is -1.09. The van der Waals surface area contributed by atoms with Gasteiger partial charge in [0.2, 0.25) is 0 Å². The Balaban J connectivity index is 1.88. The Labute approximate surface area is 120 Å². The molecule has 0 saturated heterocycles. The lowest BCUT2D eigenvalue weighted by atomic mass is 10.1. The highest BCUT2D eigenvalue weighted by Gasteiger charge is 2.31. The van der Waals surface area contributed by atoms with Crippen LogP contribution >= 0.6 is 0 Å². The molecule has 1 aliphatic carbocycles. The molecule has 1 saturated carbocycles. The van der Waals surface area contributed by atoms with Crippen molar-refractivity contribution in [2.45, 2.75) is 18.8 Å². The predicted molar refractivity (Wildman–Crippen MR) is 77.8 cm³/mol. The first-order valence-corrected chi connectivity index (χ1v) is 6.92. The fourth-order valence-electron chi connectivity index (χ4n) is 2.52. The normalized spacial score (nSPS) is 14.5. The maximum Gasteiger partial charge on any atom is 0.375 e. The minimum absolute atomic E-state index is 0.134. The molecule has 1 aliphatic rings. The number of carboxylic acids is 1. The van der Waals surface area contributed by atoms with E-state index in [-0.39, 0.29) is 5.82 Å². The van der Waals surface area contributed by atoms with Crippen LogP contribution < -0.4 is 0 Å². The lowest BCUT2D eigenvalue weighted by molar-refractivity contribution is 0.0683. The van der Waals surface area contributed by atoms with Crippen molar-refractivity contribution in [1.82, 2.24) is 14.8 Å². The number of fused-ring (bicyclic) bond motifs is 1. The van der Waals surface area contributed by atoms with Crippen LogP contribution in [0.5, 0.6) is 0 Å². The maximum atomic E-state index is 11.1. The third-order valence-corrected chi connectivity index (χ3v) is 3.74. The zero-order chi connectivity index (χ0) is 14.4. The number of hydrogen-bond donors (Lipinski definition) is 1. The standard InChI is InChI=1S/C16H13N3O2/c20-16(21)14-17-15(11-5-6-11)19(18-14)13-8-7-10-3-1-2-4-12(10)9-13/h1-4,7-9,11H,5-6H2,(H,20,21). The Kier molecular flexibility index (Phi) is 2.54. The van der Waals surface area contributed by atoms with Crippen molar-refractivity contribution in [1.29, 1.82) is 0 Å². The molecule has 104 valence electrons. The number of nitrogens with zero attached hydrogens (tertiary/aromatic N) is 3. The second-order valence-corrected chi connectivity index (χ2v) is 5.32. The number of aromatic carboxylic acids is 1. The number of carbonyl (C=O) groups is 1. The highest BCUT2D eigenvalue weighted by Crippen LogP contribution is 2.39. The Morgan fingerprint density at radius 1 is 1.14 bits per heavy atom. The van der Waals surface area contributed by atoms with Crippen LogP contribution in [0.3, 0.4) is 0 Å². The first-order valence-electron chi connectivity index (χ1n) is 6.92. The second kappa shape index (κ2) is 4.41. The lowest BCUT2D eigenvalue weighted by Crippen LogP contribution is -2.03. The smallest absolute Gasteiger partial charge is 0.375 e. The van der Waals surface area contributed by atoms with E-state index in [4.69, 9.17) is 5.11 Å². The molecular formula is C16H13N3O2. The molecule has 1 fully saturated rings. The molecule has 4 rings (SSSR count). The van der Waals surface area contributed by atoms with Gasteiger partial charge in [-0.05, 0) is 35.7 Å². The molecule has 1 heterocycles. The number of rotatable bonds is 3. The van der Waals surface area contributed by atoms with Crippen molar-refractivity contribution in [3.05, 3.63) is 54.1 Å². The van der Waals surface area contributed by atoms with E-state index in [0.717, 1.165) is 35.1 Å². The summed E-state index contributed by atoms with van der Waals surface area (Å²) in [5, 5.41) is 15.5. The van der Waals surface area contributed by atoms with Gasteiger partial charge in [-0.25, -0.2) is 14.5 Å². The van der Waals surface area contributed by atoms with Crippen LogP contribution in [0.4, 0.5) is 0 Å². The molecule has 0 spiro atoms. The highest BCUT2D eigenvalue weighted by molar-refractivity contribution is 5.85. The predicted octanol–water partition coefficient (Wildman–Crippen LogP) is 3.00. The highest BCUT2D eigenvalue weighted by atomic mass is 16.4. The van der Waals surface area contributed by atoms with E-state index >= 15 is 0 Å². The van der Waals surface area contributed by atoms with Gasteiger partial charge in [-0.1, -0.05) is 30.3 Å². The van der Waals surface area contributed by atoms with Crippen LogP contribution in [0.25, 0.3) is 16.5 Å². The van der Waals surface area contributed by atoms with Crippen molar-refractivity contribution in [2.24, 2.45) is 0 Å². The fourth-order valence-corrected chi connectivity index (χ4v) is 2.52. The zero-order valence-electron chi connectivity index (χ0n) is 11.2. The summed E-state index contributed by atoms with van der Waals surface area (Å²) in [7, 11) is 0. The van der Waals surface area contributed by atoms with E-state index in [1.54, 1.807) is 4.68 Å². The molecular weight excluding hydrogens is 266 g/mol. The summed E-state index contributed by atoms with van der Waals surface area (Å²) in [6.07, 6.45) is 2.09. The molecule has 3 aromatic rings. The summed E-state index contributed by atoms with van der Waals surface area (Å²) in [4.78, 5) is 15.3. The van der Waals surface area contributed by atoms with E-state index in [1.807, 2.05) is 42.5 Å². The third-order valence-electron chi connectivity index (χ3n) is 3.74. The lowest BCUT2D eigenvalue weighted by Gasteiger charge is -2.06. The van der Waals surface area contributed by atoms with Gasteiger partial charge in [0.15, 0.2) is 0 Å². The Morgan fingerprint density at radius 3 is 2.62 bits per heavy atom. The van der Waals surface area contributed by atoms with Crippen LogP contribution in [-0.4, -0.2) is 25.8 Å². The van der Waals surface area contributed by atoms with Crippen LogP contribution in [-0.2, 0) is 0 Å². The van der Waals surface area contributed by atoms with Crippen molar-refractivity contribution in [3.8, 4) is 5.69 Å². The second-order valence-electron chi connectivity index (χ2n) is 5.32. The molecule has 0 aliphatic heterocycles. The monoisotopic (exact) mass is 279 g/mol. The van der Waals surface area contributed by atoms with Gasteiger partial charge in [0.1, 0.15) is 5.82 Å². The van der Waals surface area contributed by atoms with E-state index < -0.39 is 5.97 Å². The van der Waals surface area contributed by atoms with Crippen LogP contribution in [0, 0.1) is 0 Å². The molecule has 21 heavy (non-hydrogen) atoms. The molecule has 0 unspecified atom stereocenters. The van der Waals surface area contributed by atoms with Gasteiger partial charge in [0, 0.05) is 5.92 Å². The van der Waals surface area contributed by atoms with E-state index in [1.165, 1.54) is 0 Å². The van der Waals surface area contributed by atoms with E-state index in [2.05, 4.69) is 10.1 Å². The molecule has 5 nitrogen and oxygen atoms in total. The molecule has 5 heteroatoms. The average Bonchev–Trinajstić information content (AvgIpc) is 3.25. The SMILES string of the molecule is O=C(O)c1nc(C2CC2)n(-c2ccc3ccccc3c2)n1. The first kappa shape index (κ1) is 12.1. The zero-order valence-corrected chi connectivity index (χ0v) is 11.2. The summed E-state index contributed by atoms with van der Waals surface area (Å²) in [5.74, 6) is -0.138. The molecule has 0 atom stereocenters. The first-order chi connectivity index (χ1) is 10.2. The Morgan fingerprint density at radius 2 is 1.90 bits per heavy atom. The molecule has 1 aromatic heterocycles. The van der Waals surface area contributed by atoms with Crippen LogP contribution in [0.15, 0.2) is 42.5 Å². The summed E-state index contributed by atoms with van der Waals surface area (Å²) in [5.41, 5.74) is 0.857. The van der Waals surface area contributed by atoms with Crippen LogP contribution in [0.2, 0.25) is 0 Å². The van der Waals surface area contributed by atoms with Crippen molar-refractivity contribution in [2.75, 3.05) is 0 Å². The number of aromatic nitrogens is 3. The van der Waals surface area contributed by atoms with Crippen LogP contribution in [0.1, 0.15) is 35.2 Å². The fraction of sp³-hybridized carbons (Fsp3) is 0.188. The van der Waals surface area contributed by atoms with Crippen molar-refractivity contribution >= 4 is 16.7 Å². The Hall–Kier alpha value is -2.69. The summed E-state index contributed by atoms with van der Waals surface area (Å²) in [6, 6.07) is 14.0. The summed E-state index contributed by atoms with van der Waals surface area (Å²) in [6.45, 7) is 0. The molecule has 0 bridgehead atoms. The summed E-state index contributed by atoms with van der Waals surface area (Å²) < 4.78 is 1.67. The molecule has 0 amide bonds. The molecule has 2 aromatic carbocycles. The van der Waals surface area contributed by atoms with Gasteiger partial charge in [0.05, 0.1) is 5.69 Å². The largest absolute Gasteiger partial charge is 0.475 e. The van der Waals surface area contributed by atoms with Crippen molar-refractivity contribution in [3.63, 3.8) is 0 Å². The van der Waals surface area contributed by atoms with Gasteiger partial charge in [-0.2, -0.15) is 0 Å². The summed E-state index contributed by atoms with van der Waals surface area (Å²) >= 11 is 0. The van der Waals surface area contributed by atoms with E-state index in [9.17, 15) is 4.79 Å². The van der Waals surface area contributed by atoms with Gasteiger partial charge in [0.25, 0.3) is 5.82 Å². The number of hydrogen-bond acceptors (Lipinski definition) is 3. The Bertz CT molecular complexity index is 850. The molecule has 1 N–H and O–H groups in total. The van der Waals surface area contributed by atoms with Gasteiger partial charge in [-0.15, -0.1) is 5.10 Å². The number of carboxylic acid groups (broad SMARTS) is 1. The topological polar surface area (TPSA) is 68.0 Å². The quantitative estimate of drug-likeness (QED) is 0.800. The molecule has 0 radical (unpaired) electrons. The minimum Gasteiger partial charge on any atom is -0.475 e. The van der Waals surface area contributed by atoms with E-state index in [0.29, 0.717) is 5.92 Å². The van der Waals surface area contributed by atoms with Crippen molar-refractivity contribution < 1.29 is 9.90 Å². The van der Waals surface area contributed by atoms with Gasteiger partial charge >= 0.3 is 5.97 Å².